The van der Waals surface area contributed by atoms with Gasteiger partial charge in [-0.15, -0.1) is 0 Å². The topological polar surface area (TPSA) is 70.2 Å². The quantitative estimate of drug-likeness (QED) is 0.546. The lowest BCUT2D eigenvalue weighted by Gasteiger charge is -2.23. The summed E-state index contributed by atoms with van der Waals surface area (Å²) in [6.45, 7) is -0.139. The number of hydrogen-bond acceptors (Lipinski definition) is 5. The van der Waals surface area contributed by atoms with Gasteiger partial charge >= 0.3 is 17.8 Å². The molecule has 9 heteroatoms. The number of amides is 4. The predicted octanol–water partition coefficient (Wildman–Crippen LogP) is 2.87. The van der Waals surface area contributed by atoms with Crippen molar-refractivity contribution in [3.8, 4) is 5.75 Å². The predicted molar refractivity (Wildman–Crippen MR) is 100 cm³/mol. The number of imide groups is 2. The average molecular weight is 406 g/mol. The van der Waals surface area contributed by atoms with Crippen LogP contribution in [0.2, 0.25) is 5.02 Å². The fraction of sp³-hybridized carbons (Fsp3) is 0.211. The maximum atomic E-state index is 14.0. The molecule has 2 aromatic rings. The molecule has 3 rings (SSSR count). The molecule has 4 amide bonds. The molecular weight excluding hydrogens is 389 g/mol. The number of benzene rings is 2. The third-order valence-corrected chi connectivity index (χ3v) is 4.61. The molecule has 1 heterocycles. The molecule has 0 spiro atoms. The molecule has 7 nitrogen and oxygen atoms in total. The molecule has 1 saturated heterocycles. The van der Waals surface area contributed by atoms with Crippen molar-refractivity contribution in [3.05, 3.63) is 58.9 Å². The van der Waals surface area contributed by atoms with Crippen LogP contribution in [0, 0.1) is 5.82 Å². The van der Waals surface area contributed by atoms with E-state index in [9.17, 15) is 18.8 Å². The number of ether oxygens (including phenoxy) is 1. The number of methoxy groups -OCH3 is 1. The Morgan fingerprint density at radius 3 is 2.36 bits per heavy atom. The van der Waals surface area contributed by atoms with E-state index in [1.165, 1.54) is 36.3 Å². The lowest BCUT2D eigenvalue weighted by molar-refractivity contribution is -0.140. The highest BCUT2D eigenvalue weighted by Crippen LogP contribution is 2.25. The summed E-state index contributed by atoms with van der Waals surface area (Å²) < 4.78 is 19.0. The Hall–Kier alpha value is -2.97. The Kier molecular flexibility index (Phi) is 5.62. The molecular formula is C19H17ClFN3O4. The molecule has 0 bridgehead atoms. The van der Waals surface area contributed by atoms with Crippen molar-refractivity contribution in [1.82, 2.24) is 9.80 Å². The van der Waals surface area contributed by atoms with Gasteiger partial charge in [0.15, 0.2) is 0 Å². The van der Waals surface area contributed by atoms with E-state index in [0.717, 1.165) is 9.80 Å². The minimum Gasteiger partial charge on any atom is -0.497 e. The van der Waals surface area contributed by atoms with Gasteiger partial charge in [-0.2, -0.15) is 0 Å². The SMILES string of the molecule is COc1ccc(N2C(=O)C(=O)N(CN(C)Cc3c(F)cccc3Cl)C2=O)cc1. The highest BCUT2D eigenvalue weighted by molar-refractivity contribution is 6.52. The lowest BCUT2D eigenvalue weighted by Crippen LogP contribution is -2.40. The number of halogens is 2. The molecule has 1 aliphatic heterocycles. The van der Waals surface area contributed by atoms with Gasteiger partial charge in [0, 0.05) is 17.1 Å². The van der Waals surface area contributed by atoms with Crippen LogP contribution in [0.25, 0.3) is 0 Å². The Morgan fingerprint density at radius 1 is 1.07 bits per heavy atom. The van der Waals surface area contributed by atoms with Crippen LogP contribution in [0.15, 0.2) is 42.5 Å². The highest BCUT2D eigenvalue weighted by atomic mass is 35.5. The third-order valence-electron chi connectivity index (χ3n) is 4.26. The summed E-state index contributed by atoms with van der Waals surface area (Å²) in [6, 6.07) is 9.71. The van der Waals surface area contributed by atoms with Crippen LogP contribution in [-0.4, -0.2) is 48.5 Å². The molecule has 146 valence electrons. The van der Waals surface area contributed by atoms with Crippen molar-refractivity contribution in [3.63, 3.8) is 0 Å². The van der Waals surface area contributed by atoms with Crippen LogP contribution in [-0.2, 0) is 16.1 Å². The fourth-order valence-electron chi connectivity index (χ4n) is 2.83. The molecule has 0 aliphatic carbocycles. The van der Waals surface area contributed by atoms with E-state index in [2.05, 4.69) is 0 Å². The molecule has 0 N–H and O–H groups in total. The second kappa shape index (κ2) is 7.95. The normalized spacial score (nSPS) is 14.4. The summed E-state index contributed by atoms with van der Waals surface area (Å²) >= 11 is 6.01. The second-order valence-electron chi connectivity index (χ2n) is 6.21. The maximum Gasteiger partial charge on any atom is 0.340 e. The number of rotatable bonds is 6. The van der Waals surface area contributed by atoms with Gasteiger partial charge in [0.25, 0.3) is 0 Å². The number of urea groups is 1. The second-order valence-corrected chi connectivity index (χ2v) is 6.62. The average Bonchev–Trinajstić information content (AvgIpc) is 2.88. The fourth-order valence-corrected chi connectivity index (χ4v) is 3.06. The number of hydrogen-bond donors (Lipinski definition) is 0. The van der Waals surface area contributed by atoms with E-state index in [-0.39, 0.29) is 29.5 Å². The standard InChI is InChI=1S/C19H17ClFN3O4/c1-22(10-14-15(20)4-3-5-16(14)21)11-23-17(25)18(26)24(19(23)27)12-6-8-13(28-2)9-7-12/h3-9H,10-11H2,1-2H3. The number of nitrogens with zero attached hydrogens (tertiary/aromatic N) is 3. The molecule has 0 saturated carbocycles. The van der Waals surface area contributed by atoms with Crippen LogP contribution in [0.5, 0.6) is 5.75 Å². The summed E-state index contributed by atoms with van der Waals surface area (Å²) in [7, 11) is 3.08. The summed E-state index contributed by atoms with van der Waals surface area (Å²) in [6.07, 6.45) is 0. The molecule has 28 heavy (non-hydrogen) atoms. The van der Waals surface area contributed by atoms with Crippen LogP contribution < -0.4 is 9.64 Å². The minimum atomic E-state index is -0.952. The zero-order valence-electron chi connectivity index (χ0n) is 15.2. The van der Waals surface area contributed by atoms with Crippen LogP contribution in [0.1, 0.15) is 5.56 Å². The summed E-state index contributed by atoms with van der Waals surface area (Å²) in [5.41, 5.74) is 0.496. The van der Waals surface area contributed by atoms with E-state index in [4.69, 9.17) is 16.3 Å². The van der Waals surface area contributed by atoms with Crippen molar-refractivity contribution >= 4 is 35.1 Å². The monoisotopic (exact) mass is 405 g/mol. The van der Waals surface area contributed by atoms with Gasteiger partial charge in [0.05, 0.1) is 19.5 Å². The summed E-state index contributed by atoms with van der Waals surface area (Å²) in [4.78, 5) is 40.4. The number of anilines is 1. The zero-order valence-corrected chi connectivity index (χ0v) is 15.9. The zero-order chi connectivity index (χ0) is 20.4. The number of carbonyl (C=O) groups is 3. The first kappa shape index (κ1) is 19.8. The smallest absolute Gasteiger partial charge is 0.340 e. The first-order chi connectivity index (χ1) is 13.3. The summed E-state index contributed by atoms with van der Waals surface area (Å²) in [5.74, 6) is -1.85. The van der Waals surface area contributed by atoms with Crippen molar-refractivity contribution in [2.75, 3.05) is 25.7 Å². The van der Waals surface area contributed by atoms with Crippen molar-refractivity contribution in [1.29, 1.82) is 0 Å². The van der Waals surface area contributed by atoms with Gasteiger partial charge in [-0.1, -0.05) is 17.7 Å². The van der Waals surface area contributed by atoms with E-state index in [1.54, 1.807) is 25.2 Å². The van der Waals surface area contributed by atoms with Crippen molar-refractivity contribution in [2.24, 2.45) is 0 Å². The Balaban J connectivity index is 1.76. The Bertz CT molecular complexity index is 915. The molecule has 1 aliphatic rings. The van der Waals surface area contributed by atoms with E-state index in [1.807, 2.05) is 0 Å². The lowest BCUT2D eigenvalue weighted by atomic mass is 10.2. The van der Waals surface area contributed by atoms with E-state index in [0.29, 0.717) is 5.75 Å². The summed E-state index contributed by atoms with van der Waals surface area (Å²) in [5, 5.41) is 0.238. The van der Waals surface area contributed by atoms with Gasteiger partial charge in [0.2, 0.25) is 0 Å². The molecule has 0 radical (unpaired) electrons. The van der Waals surface area contributed by atoms with Gasteiger partial charge in [0.1, 0.15) is 11.6 Å². The molecule has 0 unspecified atom stereocenters. The van der Waals surface area contributed by atoms with Gasteiger partial charge in [-0.3, -0.25) is 14.5 Å². The first-order valence-corrected chi connectivity index (χ1v) is 8.66. The van der Waals surface area contributed by atoms with Crippen LogP contribution >= 0.6 is 11.6 Å². The minimum absolute atomic E-state index is 0.0549. The van der Waals surface area contributed by atoms with E-state index >= 15 is 0 Å². The number of carbonyl (C=O) groups excluding carboxylic acids is 3. The third kappa shape index (κ3) is 3.69. The molecule has 0 atom stereocenters. The first-order valence-electron chi connectivity index (χ1n) is 8.29. The Morgan fingerprint density at radius 2 is 1.75 bits per heavy atom. The van der Waals surface area contributed by atoms with Gasteiger partial charge in [-0.05, 0) is 43.4 Å². The van der Waals surface area contributed by atoms with Gasteiger partial charge < -0.3 is 4.74 Å². The molecule has 2 aromatic carbocycles. The van der Waals surface area contributed by atoms with Gasteiger partial charge in [-0.25, -0.2) is 19.0 Å². The highest BCUT2D eigenvalue weighted by Gasteiger charge is 2.45. The molecule has 1 fully saturated rings. The molecule has 0 aromatic heterocycles. The van der Waals surface area contributed by atoms with Crippen LogP contribution in [0.4, 0.5) is 14.9 Å². The largest absolute Gasteiger partial charge is 0.497 e. The maximum absolute atomic E-state index is 14.0. The van der Waals surface area contributed by atoms with E-state index < -0.39 is 23.7 Å². The Labute approximate surface area is 165 Å². The van der Waals surface area contributed by atoms with Crippen molar-refractivity contribution < 1.29 is 23.5 Å². The van der Waals surface area contributed by atoms with Crippen molar-refractivity contribution in [2.45, 2.75) is 6.54 Å². The van der Waals surface area contributed by atoms with Crippen LogP contribution in [0.3, 0.4) is 0 Å².